The van der Waals surface area contributed by atoms with Crippen molar-refractivity contribution in [2.24, 2.45) is 5.92 Å². The Morgan fingerprint density at radius 2 is 1.84 bits per heavy atom. The second kappa shape index (κ2) is 6.53. The highest BCUT2D eigenvalue weighted by Gasteiger charge is 2.15. The summed E-state index contributed by atoms with van der Waals surface area (Å²) in [7, 11) is 1.28. The largest absolute Gasteiger partial charge is 0.481 e. The second-order valence-electron chi connectivity index (χ2n) is 4.06. The van der Waals surface area contributed by atoms with E-state index in [9.17, 15) is 14.4 Å². The van der Waals surface area contributed by atoms with Crippen molar-refractivity contribution < 1.29 is 24.2 Å². The highest BCUT2D eigenvalue weighted by molar-refractivity contribution is 5.94. The molecule has 0 radical (unpaired) electrons. The summed E-state index contributed by atoms with van der Waals surface area (Å²) in [6.07, 6.45) is -0.103. The first-order chi connectivity index (χ1) is 8.93. The number of carboxylic acid groups (broad SMARTS) is 1. The van der Waals surface area contributed by atoms with Gasteiger partial charge in [-0.2, -0.15) is 0 Å². The molecule has 0 saturated carbocycles. The lowest BCUT2D eigenvalue weighted by Gasteiger charge is -2.08. The molecule has 1 rings (SSSR count). The zero-order chi connectivity index (χ0) is 14.4. The van der Waals surface area contributed by atoms with Crippen molar-refractivity contribution in [1.82, 2.24) is 0 Å². The van der Waals surface area contributed by atoms with Crippen LogP contribution in [0.15, 0.2) is 24.3 Å². The summed E-state index contributed by atoms with van der Waals surface area (Å²) in [4.78, 5) is 33.3. The molecule has 0 bridgehead atoms. The van der Waals surface area contributed by atoms with Gasteiger partial charge in [0.1, 0.15) is 0 Å². The molecular formula is C13H15NO5. The van der Waals surface area contributed by atoms with E-state index >= 15 is 0 Å². The van der Waals surface area contributed by atoms with Crippen LogP contribution in [0.3, 0.4) is 0 Å². The Morgan fingerprint density at radius 1 is 1.26 bits per heavy atom. The predicted octanol–water partition coefficient (Wildman–Crippen LogP) is 1.52. The molecule has 19 heavy (non-hydrogen) atoms. The molecule has 1 unspecified atom stereocenters. The van der Waals surface area contributed by atoms with Crippen molar-refractivity contribution in [3.05, 3.63) is 29.8 Å². The molecular weight excluding hydrogens is 250 g/mol. The van der Waals surface area contributed by atoms with E-state index in [0.29, 0.717) is 11.3 Å². The Bertz CT molecular complexity index is 480. The van der Waals surface area contributed by atoms with Crippen LogP contribution < -0.4 is 5.32 Å². The number of carboxylic acids is 1. The number of aliphatic carboxylic acids is 1. The number of carbonyl (C=O) groups is 3. The Balaban J connectivity index is 2.60. The second-order valence-corrected chi connectivity index (χ2v) is 4.06. The molecule has 102 valence electrons. The van der Waals surface area contributed by atoms with Gasteiger partial charge < -0.3 is 15.2 Å². The van der Waals surface area contributed by atoms with E-state index in [2.05, 4.69) is 10.1 Å². The Morgan fingerprint density at radius 3 is 2.32 bits per heavy atom. The minimum Gasteiger partial charge on any atom is -0.481 e. The van der Waals surface area contributed by atoms with Gasteiger partial charge in [-0.15, -0.1) is 0 Å². The molecule has 0 aromatic heterocycles. The normalized spacial score (nSPS) is 11.5. The fourth-order valence-electron chi connectivity index (χ4n) is 1.38. The highest BCUT2D eigenvalue weighted by Crippen LogP contribution is 2.12. The van der Waals surface area contributed by atoms with Crippen molar-refractivity contribution in [2.75, 3.05) is 12.4 Å². The van der Waals surface area contributed by atoms with Crippen LogP contribution in [0.2, 0.25) is 0 Å². The molecule has 2 N–H and O–H groups in total. The molecule has 0 aliphatic heterocycles. The third-order valence-corrected chi connectivity index (χ3v) is 2.50. The molecule has 0 saturated heterocycles. The zero-order valence-corrected chi connectivity index (χ0v) is 10.7. The van der Waals surface area contributed by atoms with E-state index in [4.69, 9.17) is 5.11 Å². The summed E-state index contributed by atoms with van der Waals surface area (Å²) in [6.45, 7) is 1.46. The van der Waals surface area contributed by atoms with Gasteiger partial charge in [-0.1, -0.05) is 6.92 Å². The number of hydrogen-bond acceptors (Lipinski definition) is 4. The van der Waals surface area contributed by atoms with Crippen molar-refractivity contribution in [1.29, 1.82) is 0 Å². The fraction of sp³-hybridized carbons (Fsp3) is 0.308. The maximum atomic E-state index is 11.5. The molecule has 0 heterocycles. The van der Waals surface area contributed by atoms with Crippen molar-refractivity contribution in [3.8, 4) is 0 Å². The molecule has 1 amide bonds. The Labute approximate surface area is 110 Å². The SMILES string of the molecule is COC(=O)c1ccc(NC(=O)CC(C)C(=O)O)cc1. The van der Waals surface area contributed by atoms with Crippen LogP contribution in [0.4, 0.5) is 5.69 Å². The van der Waals surface area contributed by atoms with Gasteiger partial charge in [-0.25, -0.2) is 4.79 Å². The number of rotatable bonds is 5. The lowest BCUT2D eigenvalue weighted by atomic mass is 10.1. The molecule has 1 aromatic carbocycles. The summed E-state index contributed by atoms with van der Waals surface area (Å²) in [5.74, 6) is -2.61. The molecule has 0 fully saturated rings. The Hall–Kier alpha value is -2.37. The number of anilines is 1. The first-order valence-electron chi connectivity index (χ1n) is 5.65. The van der Waals surface area contributed by atoms with E-state index in [1.165, 1.54) is 26.2 Å². The van der Waals surface area contributed by atoms with Gasteiger partial charge in [-0.3, -0.25) is 9.59 Å². The van der Waals surface area contributed by atoms with Gasteiger partial charge in [0.15, 0.2) is 0 Å². The number of methoxy groups -OCH3 is 1. The van der Waals surface area contributed by atoms with Crippen molar-refractivity contribution >= 4 is 23.5 Å². The predicted molar refractivity (Wildman–Crippen MR) is 67.8 cm³/mol. The summed E-state index contributed by atoms with van der Waals surface area (Å²) >= 11 is 0. The number of carbonyl (C=O) groups excluding carboxylic acids is 2. The third-order valence-electron chi connectivity index (χ3n) is 2.50. The van der Waals surface area contributed by atoms with Crippen LogP contribution in [0, 0.1) is 5.92 Å². The van der Waals surface area contributed by atoms with Crippen molar-refractivity contribution in [3.63, 3.8) is 0 Å². The van der Waals surface area contributed by atoms with E-state index in [-0.39, 0.29) is 12.3 Å². The standard InChI is InChI=1S/C13H15NO5/c1-8(12(16)17)7-11(15)14-10-5-3-9(4-6-10)13(18)19-2/h3-6,8H,7H2,1-2H3,(H,14,15)(H,16,17). The van der Waals surface area contributed by atoms with E-state index < -0.39 is 17.9 Å². The average molecular weight is 265 g/mol. The average Bonchev–Trinajstić information content (AvgIpc) is 2.38. The topological polar surface area (TPSA) is 92.7 Å². The van der Waals surface area contributed by atoms with Crippen LogP contribution in [0.1, 0.15) is 23.7 Å². The fourth-order valence-corrected chi connectivity index (χ4v) is 1.38. The van der Waals surface area contributed by atoms with E-state index in [0.717, 1.165) is 0 Å². The lowest BCUT2D eigenvalue weighted by Crippen LogP contribution is -2.20. The quantitative estimate of drug-likeness (QED) is 0.787. The van der Waals surface area contributed by atoms with E-state index in [1.807, 2.05) is 0 Å². The van der Waals surface area contributed by atoms with Gasteiger partial charge in [0.05, 0.1) is 18.6 Å². The van der Waals surface area contributed by atoms with Gasteiger partial charge in [0.25, 0.3) is 0 Å². The summed E-state index contributed by atoms with van der Waals surface area (Å²) in [5.41, 5.74) is 0.870. The first-order valence-corrected chi connectivity index (χ1v) is 5.65. The van der Waals surface area contributed by atoms with Gasteiger partial charge >= 0.3 is 11.9 Å². The van der Waals surface area contributed by atoms with Crippen LogP contribution in [-0.2, 0) is 14.3 Å². The summed E-state index contributed by atoms with van der Waals surface area (Å²) in [6, 6.07) is 6.13. The van der Waals surface area contributed by atoms with E-state index in [1.54, 1.807) is 12.1 Å². The molecule has 1 aromatic rings. The number of ether oxygens (including phenoxy) is 1. The number of benzene rings is 1. The highest BCUT2D eigenvalue weighted by atomic mass is 16.5. The van der Waals surface area contributed by atoms with Gasteiger partial charge in [0, 0.05) is 12.1 Å². The summed E-state index contributed by atoms with van der Waals surface area (Å²) in [5, 5.41) is 11.2. The molecule has 6 heteroatoms. The zero-order valence-electron chi connectivity index (χ0n) is 10.7. The monoisotopic (exact) mass is 265 g/mol. The van der Waals surface area contributed by atoms with Crippen LogP contribution in [-0.4, -0.2) is 30.1 Å². The summed E-state index contributed by atoms with van der Waals surface area (Å²) < 4.78 is 4.54. The maximum Gasteiger partial charge on any atom is 0.337 e. The third kappa shape index (κ3) is 4.42. The molecule has 0 aliphatic rings. The number of hydrogen-bond donors (Lipinski definition) is 2. The van der Waals surface area contributed by atoms with Gasteiger partial charge in [-0.05, 0) is 24.3 Å². The minimum absolute atomic E-state index is 0.103. The number of nitrogens with one attached hydrogen (secondary N) is 1. The number of amides is 1. The lowest BCUT2D eigenvalue weighted by molar-refractivity contribution is -0.142. The van der Waals surface area contributed by atoms with Gasteiger partial charge in [0.2, 0.25) is 5.91 Å². The molecule has 0 aliphatic carbocycles. The Kier molecular flexibility index (Phi) is 5.05. The molecule has 6 nitrogen and oxygen atoms in total. The smallest absolute Gasteiger partial charge is 0.337 e. The first kappa shape index (κ1) is 14.7. The number of esters is 1. The van der Waals surface area contributed by atoms with Crippen LogP contribution in [0.5, 0.6) is 0 Å². The molecule has 1 atom stereocenters. The minimum atomic E-state index is -1.02. The van der Waals surface area contributed by atoms with Crippen molar-refractivity contribution in [2.45, 2.75) is 13.3 Å². The molecule has 0 spiro atoms. The van der Waals surface area contributed by atoms with Crippen LogP contribution in [0.25, 0.3) is 0 Å². The maximum absolute atomic E-state index is 11.5. The van der Waals surface area contributed by atoms with Crippen LogP contribution >= 0.6 is 0 Å².